The van der Waals surface area contributed by atoms with Crippen LogP contribution in [0.15, 0.2) is 43.0 Å². The van der Waals surface area contributed by atoms with Crippen LogP contribution in [0, 0.1) is 0 Å². The van der Waals surface area contributed by atoms with E-state index in [2.05, 4.69) is 15.4 Å². The van der Waals surface area contributed by atoms with Gasteiger partial charge in [0.25, 0.3) is 0 Å². The largest absolute Gasteiger partial charge is 0.376 e. The fourth-order valence-corrected chi connectivity index (χ4v) is 2.78. The smallest absolute Gasteiger partial charge is 0.317 e. The van der Waals surface area contributed by atoms with Gasteiger partial charge in [0.05, 0.1) is 12.6 Å². The first-order chi connectivity index (χ1) is 11.8. The van der Waals surface area contributed by atoms with E-state index in [4.69, 9.17) is 4.74 Å². The van der Waals surface area contributed by atoms with E-state index in [-0.39, 0.29) is 12.1 Å². The predicted octanol–water partition coefficient (Wildman–Crippen LogP) is 1.67. The Morgan fingerprint density at radius 2 is 2.25 bits per heavy atom. The molecule has 0 radical (unpaired) electrons. The number of carbonyl (C=O) groups is 1. The molecule has 128 valence electrons. The van der Waals surface area contributed by atoms with Crippen molar-refractivity contribution in [3.05, 3.63) is 48.5 Å². The fraction of sp³-hybridized carbons (Fsp3) is 0.471. The molecular formula is C17H23N5O2. The summed E-state index contributed by atoms with van der Waals surface area (Å²) in [5, 5.41) is 7.10. The topological polar surface area (TPSA) is 72.3 Å². The molecule has 0 aliphatic carbocycles. The zero-order valence-corrected chi connectivity index (χ0v) is 13.7. The van der Waals surface area contributed by atoms with Gasteiger partial charge in [-0.1, -0.05) is 0 Å². The molecule has 0 aromatic carbocycles. The Balaban J connectivity index is 1.55. The number of amides is 2. The fourth-order valence-electron chi connectivity index (χ4n) is 2.78. The molecule has 0 saturated carbocycles. The summed E-state index contributed by atoms with van der Waals surface area (Å²) in [7, 11) is 0. The molecule has 24 heavy (non-hydrogen) atoms. The van der Waals surface area contributed by atoms with Crippen LogP contribution in [0.5, 0.6) is 0 Å². The minimum Gasteiger partial charge on any atom is -0.376 e. The van der Waals surface area contributed by atoms with Gasteiger partial charge in [-0.25, -0.2) is 4.79 Å². The molecule has 0 bridgehead atoms. The number of carbonyl (C=O) groups excluding carboxylic acids is 1. The van der Waals surface area contributed by atoms with Crippen molar-refractivity contribution in [1.82, 2.24) is 25.0 Å². The molecule has 7 heteroatoms. The third kappa shape index (κ3) is 4.79. The van der Waals surface area contributed by atoms with Crippen molar-refractivity contribution in [3.8, 4) is 0 Å². The molecule has 1 saturated heterocycles. The lowest BCUT2D eigenvalue weighted by Gasteiger charge is -2.26. The highest BCUT2D eigenvalue weighted by molar-refractivity contribution is 5.74. The zero-order chi connectivity index (χ0) is 16.6. The summed E-state index contributed by atoms with van der Waals surface area (Å²) in [6, 6.07) is 5.66. The van der Waals surface area contributed by atoms with Crippen LogP contribution in [0.3, 0.4) is 0 Å². The molecule has 2 amide bonds. The first-order valence-corrected chi connectivity index (χ1v) is 8.32. The Labute approximate surface area is 141 Å². The maximum Gasteiger partial charge on any atom is 0.317 e. The Hall–Kier alpha value is -2.41. The lowest BCUT2D eigenvalue weighted by atomic mass is 10.2. The van der Waals surface area contributed by atoms with E-state index in [1.165, 1.54) is 0 Å². The summed E-state index contributed by atoms with van der Waals surface area (Å²) in [6.45, 7) is 3.14. The van der Waals surface area contributed by atoms with Gasteiger partial charge >= 0.3 is 6.03 Å². The summed E-state index contributed by atoms with van der Waals surface area (Å²) in [6.07, 6.45) is 9.30. The lowest BCUT2D eigenvalue weighted by molar-refractivity contribution is 0.0794. The molecule has 1 aliphatic rings. The Kier molecular flexibility index (Phi) is 5.79. The predicted molar refractivity (Wildman–Crippen MR) is 89.2 cm³/mol. The lowest BCUT2D eigenvalue weighted by Crippen LogP contribution is -2.44. The quantitative estimate of drug-likeness (QED) is 0.839. The van der Waals surface area contributed by atoms with Crippen molar-refractivity contribution < 1.29 is 9.53 Å². The summed E-state index contributed by atoms with van der Waals surface area (Å²) < 4.78 is 7.49. The van der Waals surface area contributed by atoms with Gasteiger partial charge < -0.3 is 15.0 Å². The van der Waals surface area contributed by atoms with Gasteiger partial charge in [-0.05, 0) is 36.6 Å². The molecule has 3 rings (SSSR count). The molecule has 1 unspecified atom stereocenters. The average Bonchev–Trinajstić information content (AvgIpc) is 3.29. The Morgan fingerprint density at radius 3 is 2.96 bits per heavy atom. The van der Waals surface area contributed by atoms with Crippen LogP contribution in [-0.4, -0.2) is 51.5 Å². The molecule has 3 heterocycles. The highest BCUT2D eigenvalue weighted by atomic mass is 16.5. The van der Waals surface area contributed by atoms with Crippen molar-refractivity contribution in [2.75, 3.05) is 19.7 Å². The van der Waals surface area contributed by atoms with Gasteiger partial charge in [-0.15, -0.1) is 0 Å². The second-order valence-corrected chi connectivity index (χ2v) is 5.87. The number of ether oxygens (including phenoxy) is 1. The summed E-state index contributed by atoms with van der Waals surface area (Å²) in [4.78, 5) is 18.4. The molecule has 2 aromatic heterocycles. The zero-order valence-electron chi connectivity index (χ0n) is 13.7. The SMILES string of the molecule is O=C(NCCn1cccn1)N(Cc1ccncc1)CC1CCCO1. The van der Waals surface area contributed by atoms with Crippen LogP contribution < -0.4 is 5.32 Å². The standard InChI is InChI=1S/C17H23N5O2/c23-17(19-9-11-22-10-2-6-20-22)21(14-16-3-1-12-24-16)13-15-4-7-18-8-5-15/h2,4-8,10,16H,1,3,9,11-14H2,(H,19,23). The van der Waals surface area contributed by atoms with Crippen molar-refractivity contribution in [3.63, 3.8) is 0 Å². The highest BCUT2D eigenvalue weighted by Crippen LogP contribution is 2.15. The molecular weight excluding hydrogens is 306 g/mol. The van der Waals surface area contributed by atoms with Crippen molar-refractivity contribution >= 4 is 6.03 Å². The summed E-state index contributed by atoms with van der Waals surface area (Å²) >= 11 is 0. The molecule has 1 atom stereocenters. The van der Waals surface area contributed by atoms with Crippen LogP contribution in [0.25, 0.3) is 0 Å². The molecule has 0 spiro atoms. The number of hydrogen-bond donors (Lipinski definition) is 1. The number of pyridine rings is 1. The summed E-state index contributed by atoms with van der Waals surface area (Å²) in [5.41, 5.74) is 1.06. The van der Waals surface area contributed by atoms with Gasteiger partial charge in [0, 0.05) is 51.0 Å². The Bertz CT molecular complexity index is 611. The van der Waals surface area contributed by atoms with Gasteiger partial charge in [0.1, 0.15) is 0 Å². The summed E-state index contributed by atoms with van der Waals surface area (Å²) in [5.74, 6) is 0. The van der Waals surface area contributed by atoms with Crippen LogP contribution in [0.4, 0.5) is 4.79 Å². The number of nitrogens with one attached hydrogen (secondary N) is 1. The van der Waals surface area contributed by atoms with Gasteiger partial charge in [0.15, 0.2) is 0 Å². The van der Waals surface area contributed by atoms with Crippen LogP contribution in [0.2, 0.25) is 0 Å². The molecule has 7 nitrogen and oxygen atoms in total. The van der Waals surface area contributed by atoms with Crippen molar-refractivity contribution in [2.45, 2.75) is 32.0 Å². The molecule has 2 aromatic rings. The van der Waals surface area contributed by atoms with E-state index in [0.717, 1.165) is 25.0 Å². The third-order valence-corrected chi connectivity index (χ3v) is 4.03. The molecule has 1 fully saturated rings. The highest BCUT2D eigenvalue weighted by Gasteiger charge is 2.22. The average molecular weight is 329 g/mol. The van der Waals surface area contributed by atoms with E-state index < -0.39 is 0 Å². The number of urea groups is 1. The van der Waals surface area contributed by atoms with E-state index in [1.807, 2.05) is 29.3 Å². The van der Waals surface area contributed by atoms with Crippen LogP contribution >= 0.6 is 0 Å². The van der Waals surface area contributed by atoms with Crippen LogP contribution in [-0.2, 0) is 17.8 Å². The maximum atomic E-state index is 12.6. The number of hydrogen-bond acceptors (Lipinski definition) is 4. The number of rotatable bonds is 7. The number of nitrogens with zero attached hydrogens (tertiary/aromatic N) is 4. The van der Waals surface area contributed by atoms with E-state index in [1.54, 1.807) is 23.3 Å². The Morgan fingerprint density at radius 1 is 1.38 bits per heavy atom. The van der Waals surface area contributed by atoms with E-state index >= 15 is 0 Å². The van der Waals surface area contributed by atoms with Gasteiger partial charge in [0.2, 0.25) is 0 Å². The minimum absolute atomic E-state index is 0.0746. The first kappa shape index (κ1) is 16.4. The minimum atomic E-state index is -0.0746. The van der Waals surface area contributed by atoms with Crippen molar-refractivity contribution in [2.24, 2.45) is 0 Å². The molecule has 1 N–H and O–H groups in total. The molecule has 1 aliphatic heterocycles. The number of aromatic nitrogens is 3. The second-order valence-electron chi connectivity index (χ2n) is 5.87. The maximum absolute atomic E-state index is 12.6. The van der Waals surface area contributed by atoms with Gasteiger partial charge in [-0.2, -0.15) is 5.10 Å². The normalized spacial score (nSPS) is 16.9. The third-order valence-electron chi connectivity index (χ3n) is 4.03. The second kappa shape index (κ2) is 8.44. The van der Waals surface area contributed by atoms with Gasteiger partial charge in [-0.3, -0.25) is 9.67 Å². The van der Waals surface area contributed by atoms with Crippen molar-refractivity contribution in [1.29, 1.82) is 0 Å². The monoisotopic (exact) mass is 329 g/mol. The van der Waals surface area contributed by atoms with Crippen LogP contribution in [0.1, 0.15) is 18.4 Å². The van der Waals surface area contributed by atoms with E-state index in [0.29, 0.717) is 26.2 Å². The van der Waals surface area contributed by atoms with E-state index in [9.17, 15) is 4.79 Å². The first-order valence-electron chi connectivity index (χ1n) is 8.32.